The fourth-order valence-corrected chi connectivity index (χ4v) is 5.70. The molecule has 5 aromatic carbocycles. The monoisotopic (exact) mass is 457 g/mol. The van der Waals surface area contributed by atoms with Gasteiger partial charge in [0.2, 0.25) is 0 Å². The van der Waals surface area contributed by atoms with E-state index >= 15 is 0 Å². The molecule has 0 amide bonds. The minimum atomic E-state index is 0.892. The Labute approximate surface area is 206 Å². The molecular weight excluding hydrogens is 438 g/mol. The van der Waals surface area contributed by atoms with E-state index in [1.165, 1.54) is 26.9 Å². The predicted molar refractivity (Wildman–Crippen MR) is 150 cm³/mol. The van der Waals surface area contributed by atoms with Crippen LogP contribution in [0.5, 0.6) is 0 Å². The van der Waals surface area contributed by atoms with Crippen LogP contribution in [0.25, 0.3) is 76.3 Å². The van der Waals surface area contributed by atoms with E-state index in [4.69, 9.17) is 9.97 Å². The van der Waals surface area contributed by atoms with Crippen LogP contribution in [0.15, 0.2) is 116 Å². The molecule has 0 aliphatic carbocycles. The molecule has 36 heavy (non-hydrogen) atoms. The van der Waals surface area contributed by atoms with Crippen molar-refractivity contribution in [3.63, 3.8) is 0 Å². The summed E-state index contributed by atoms with van der Waals surface area (Å²) in [5.74, 6) is 0. The van der Waals surface area contributed by atoms with Crippen molar-refractivity contribution < 1.29 is 0 Å². The fourth-order valence-electron chi connectivity index (χ4n) is 5.70. The molecular formula is C33H19N3. The number of benzene rings is 5. The van der Waals surface area contributed by atoms with Gasteiger partial charge in [0.15, 0.2) is 0 Å². The largest absolute Gasteiger partial charge is 0.254 e. The summed E-state index contributed by atoms with van der Waals surface area (Å²) in [5, 5.41) is 10.5. The summed E-state index contributed by atoms with van der Waals surface area (Å²) in [6.45, 7) is 0. The number of fused-ring (bicyclic) bond motifs is 10. The van der Waals surface area contributed by atoms with Gasteiger partial charge in [0.05, 0.1) is 28.4 Å². The van der Waals surface area contributed by atoms with E-state index < -0.39 is 0 Å². The molecule has 3 nitrogen and oxygen atoms in total. The summed E-state index contributed by atoms with van der Waals surface area (Å²) >= 11 is 0. The summed E-state index contributed by atoms with van der Waals surface area (Å²) in [4.78, 5) is 14.8. The van der Waals surface area contributed by atoms with Crippen molar-refractivity contribution in [1.82, 2.24) is 15.0 Å². The molecule has 0 radical (unpaired) electrons. The van der Waals surface area contributed by atoms with E-state index in [0.29, 0.717) is 0 Å². The third kappa shape index (κ3) is 2.65. The van der Waals surface area contributed by atoms with Crippen molar-refractivity contribution in [2.75, 3.05) is 0 Å². The first kappa shape index (κ1) is 19.4. The average Bonchev–Trinajstić information content (AvgIpc) is 2.96. The Hall–Kier alpha value is -4.89. The average molecular weight is 458 g/mol. The second-order valence-corrected chi connectivity index (χ2v) is 9.25. The fraction of sp³-hybridized carbons (Fsp3) is 0. The normalized spacial score (nSPS) is 11.9. The van der Waals surface area contributed by atoms with Crippen LogP contribution in [-0.2, 0) is 0 Å². The van der Waals surface area contributed by atoms with Gasteiger partial charge in [0.25, 0.3) is 0 Å². The lowest BCUT2D eigenvalue weighted by atomic mass is 9.92. The first-order chi connectivity index (χ1) is 17.9. The number of pyridine rings is 3. The van der Waals surface area contributed by atoms with E-state index in [-0.39, 0.29) is 0 Å². The van der Waals surface area contributed by atoms with Gasteiger partial charge < -0.3 is 0 Å². The van der Waals surface area contributed by atoms with E-state index in [0.717, 1.165) is 49.4 Å². The van der Waals surface area contributed by atoms with Crippen molar-refractivity contribution in [1.29, 1.82) is 0 Å². The Morgan fingerprint density at radius 3 is 2.08 bits per heavy atom. The van der Waals surface area contributed by atoms with E-state index in [1.54, 1.807) is 0 Å². The molecule has 8 rings (SSSR count). The number of nitrogens with zero attached hydrogens (tertiary/aromatic N) is 3. The van der Waals surface area contributed by atoms with Gasteiger partial charge in [-0.05, 0) is 39.1 Å². The number of hydrogen-bond donors (Lipinski definition) is 0. The molecule has 0 N–H and O–H groups in total. The molecule has 8 aromatic rings. The maximum atomic E-state index is 5.28. The van der Waals surface area contributed by atoms with Crippen LogP contribution in [0.1, 0.15) is 0 Å². The van der Waals surface area contributed by atoms with Crippen LogP contribution in [0.4, 0.5) is 0 Å². The van der Waals surface area contributed by atoms with E-state index in [9.17, 15) is 0 Å². The van der Waals surface area contributed by atoms with Crippen LogP contribution in [0, 0.1) is 0 Å². The van der Waals surface area contributed by atoms with Crippen molar-refractivity contribution in [2.24, 2.45) is 0 Å². The number of hydrogen-bond acceptors (Lipinski definition) is 3. The van der Waals surface area contributed by atoms with Crippen LogP contribution >= 0.6 is 0 Å². The van der Waals surface area contributed by atoms with Gasteiger partial charge in [0.1, 0.15) is 0 Å². The molecule has 0 saturated carbocycles. The van der Waals surface area contributed by atoms with Gasteiger partial charge in [-0.15, -0.1) is 0 Å². The molecule has 0 spiro atoms. The molecule has 3 heterocycles. The van der Waals surface area contributed by atoms with Crippen molar-refractivity contribution in [2.45, 2.75) is 0 Å². The van der Waals surface area contributed by atoms with Crippen molar-refractivity contribution in [3.05, 3.63) is 116 Å². The second-order valence-electron chi connectivity index (χ2n) is 9.25. The Morgan fingerprint density at radius 1 is 0.472 bits per heavy atom. The lowest BCUT2D eigenvalue weighted by Crippen LogP contribution is -1.94. The van der Waals surface area contributed by atoms with Crippen LogP contribution < -0.4 is 0 Å². The Balaban J connectivity index is 1.55. The molecule has 0 atom stereocenters. The van der Waals surface area contributed by atoms with Crippen molar-refractivity contribution >= 4 is 65.0 Å². The first-order valence-corrected chi connectivity index (χ1v) is 12.1. The van der Waals surface area contributed by atoms with Gasteiger partial charge >= 0.3 is 0 Å². The number of aromatic nitrogens is 3. The molecule has 0 fully saturated rings. The SMILES string of the molecule is c1ccc2c(c1)cc(-c1nc3cnc4c(ccc5cccnc54)c3c3ccccc13)c1ccccc12. The highest BCUT2D eigenvalue weighted by molar-refractivity contribution is 6.25. The maximum absolute atomic E-state index is 5.28. The quantitative estimate of drug-likeness (QED) is 0.232. The van der Waals surface area contributed by atoms with Gasteiger partial charge in [-0.1, -0.05) is 91.0 Å². The topological polar surface area (TPSA) is 38.7 Å². The summed E-state index contributed by atoms with van der Waals surface area (Å²) < 4.78 is 0. The minimum absolute atomic E-state index is 0.892. The summed E-state index contributed by atoms with van der Waals surface area (Å²) in [7, 11) is 0. The van der Waals surface area contributed by atoms with Crippen molar-refractivity contribution in [3.8, 4) is 11.3 Å². The highest BCUT2D eigenvalue weighted by Gasteiger charge is 2.17. The van der Waals surface area contributed by atoms with E-state index in [2.05, 4.69) is 102 Å². The zero-order valence-electron chi connectivity index (χ0n) is 19.3. The third-order valence-corrected chi connectivity index (χ3v) is 7.30. The molecule has 0 unspecified atom stereocenters. The van der Waals surface area contributed by atoms with Gasteiger partial charge in [-0.25, -0.2) is 4.98 Å². The standard InChI is InChI=1S/C33H19N3/c1-2-10-22-21(8-1)18-28(24-12-4-3-11-23(22)24)32-26-14-6-5-13-25(26)30-27-16-15-20-9-7-17-34-31(20)33(27)35-19-29(30)36-32/h1-19H. The molecule has 0 aliphatic rings. The smallest absolute Gasteiger partial charge is 0.0972 e. The van der Waals surface area contributed by atoms with Crippen LogP contribution in [-0.4, -0.2) is 15.0 Å². The van der Waals surface area contributed by atoms with Gasteiger partial charge in [-0.3, -0.25) is 9.97 Å². The highest BCUT2D eigenvalue weighted by atomic mass is 14.8. The van der Waals surface area contributed by atoms with E-state index in [1.807, 2.05) is 18.5 Å². The molecule has 3 heteroatoms. The molecule has 0 saturated heterocycles. The molecule has 3 aromatic heterocycles. The maximum Gasteiger partial charge on any atom is 0.0972 e. The summed E-state index contributed by atoms with van der Waals surface area (Å²) in [6, 6.07) is 36.4. The Kier molecular flexibility index (Phi) is 3.94. The third-order valence-electron chi connectivity index (χ3n) is 7.30. The second kappa shape index (κ2) is 7.30. The van der Waals surface area contributed by atoms with Gasteiger partial charge in [0, 0.05) is 33.3 Å². The lowest BCUT2D eigenvalue weighted by Gasteiger charge is -2.15. The highest BCUT2D eigenvalue weighted by Crippen LogP contribution is 2.40. The molecule has 0 bridgehead atoms. The molecule has 166 valence electrons. The zero-order chi connectivity index (χ0) is 23.6. The Morgan fingerprint density at radius 2 is 1.19 bits per heavy atom. The summed E-state index contributed by atoms with van der Waals surface area (Å²) in [5.41, 5.74) is 4.86. The lowest BCUT2D eigenvalue weighted by molar-refractivity contribution is 1.36. The van der Waals surface area contributed by atoms with Crippen LogP contribution in [0.2, 0.25) is 0 Å². The van der Waals surface area contributed by atoms with Gasteiger partial charge in [-0.2, -0.15) is 0 Å². The number of rotatable bonds is 1. The first-order valence-electron chi connectivity index (χ1n) is 12.1. The van der Waals surface area contributed by atoms with Crippen LogP contribution in [0.3, 0.4) is 0 Å². The summed E-state index contributed by atoms with van der Waals surface area (Å²) in [6.07, 6.45) is 3.74. The minimum Gasteiger partial charge on any atom is -0.254 e. The predicted octanol–water partition coefficient (Wildman–Crippen LogP) is 8.46. The Bertz CT molecular complexity index is 2160. The molecule has 0 aliphatic heterocycles. The zero-order valence-corrected chi connectivity index (χ0v) is 19.3.